The van der Waals surface area contributed by atoms with Crippen LogP contribution in [0.4, 0.5) is 0 Å². The standard InChI is InChI=1S/C14H29N3O.HI/c1-3-5-6-9-16-14(15-4-2)17-10-11-18-12-13-7-8-13;/h13H,3-12H2,1-2H3,(H2,15,16,17);1H. The van der Waals surface area contributed by atoms with E-state index >= 15 is 0 Å². The van der Waals surface area contributed by atoms with Crippen LogP contribution in [0.1, 0.15) is 46.0 Å². The molecule has 114 valence electrons. The summed E-state index contributed by atoms with van der Waals surface area (Å²) in [6.45, 7) is 8.67. The topological polar surface area (TPSA) is 45.7 Å². The zero-order valence-corrected chi connectivity index (χ0v) is 14.7. The number of rotatable bonds is 10. The smallest absolute Gasteiger partial charge is 0.191 e. The molecule has 0 bridgehead atoms. The molecule has 0 aromatic heterocycles. The molecule has 1 rings (SSSR count). The first-order chi connectivity index (χ1) is 8.86. The Hall–Kier alpha value is -0.0400. The number of hydrogen-bond acceptors (Lipinski definition) is 2. The van der Waals surface area contributed by atoms with Gasteiger partial charge in [0.05, 0.1) is 6.61 Å². The summed E-state index contributed by atoms with van der Waals surface area (Å²) in [4.78, 5) is 4.53. The lowest BCUT2D eigenvalue weighted by Gasteiger charge is -2.11. The van der Waals surface area contributed by atoms with Gasteiger partial charge in [-0.25, -0.2) is 0 Å². The summed E-state index contributed by atoms with van der Waals surface area (Å²) in [5, 5.41) is 6.56. The summed E-state index contributed by atoms with van der Waals surface area (Å²) >= 11 is 0. The Balaban J connectivity index is 0.00000324. The summed E-state index contributed by atoms with van der Waals surface area (Å²) in [7, 11) is 0. The third-order valence-electron chi connectivity index (χ3n) is 2.97. The van der Waals surface area contributed by atoms with Crippen LogP contribution >= 0.6 is 24.0 Å². The van der Waals surface area contributed by atoms with Gasteiger partial charge in [0.15, 0.2) is 5.96 Å². The Morgan fingerprint density at radius 3 is 2.63 bits per heavy atom. The molecule has 2 N–H and O–H groups in total. The molecule has 0 saturated heterocycles. The van der Waals surface area contributed by atoms with Gasteiger partial charge in [0.2, 0.25) is 0 Å². The first-order valence-electron chi connectivity index (χ1n) is 7.46. The van der Waals surface area contributed by atoms with Crippen molar-refractivity contribution in [3.8, 4) is 0 Å². The fraction of sp³-hybridized carbons (Fsp3) is 0.929. The molecular formula is C14H30IN3O. The Bertz CT molecular complexity index is 233. The highest BCUT2D eigenvalue weighted by molar-refractivity contribution is 14.0. The van der Waals surface area contributed by atoms with E-state index in [0.29, 0.717) is 0 Å². The zero-order valence-electron chi connectivity index (χ0n) is 12.4. The molecule has 1 aliphatic rings. The molecule has 0 atom stereocenters. The number of aliphatic imine (C=N–C) groups is 1. The Kier molecular flexibility index (Phi) is 12.9. The van der Waals surface area contributed by atoms with Crippen LogP contribution in [-0.2, 0) is 4.74 Å². The summed E-state index contributed by atoms with van der Waals surface area (Å²) in [5.41, 5.74) is 0. The second kappa shape index (κ2) is 13.0. The van der Waals surface area contributed by atoms with Crippen molar-refractivity contribution >= 4 is 29.9 Å². The summed E-state index contributed by atoms with van der Waals surface area (Å²) in [5.74, 6) is 1.77. The molecule has 0 aromatic rings. The van der Waals surface area contributed by atoms with Crippen molar-refractivity contribution < 1.29 is 4.74 Å². The molecule has 0 heterocycles. The van der Waals surface area contributed by atoms with E-state index in [-0.39, 0.29) is 24.0 Å². The van der Waals surface area contributed by atoms with Crippen molar-refractivity contribution in [3.05, 3.63) is 0 Å². The first-order valence-corrected chi connectivity index (χ1v) is 7.46. The largest absolute Gasteiger partial charge is 0.379 e. The van der Waals surface area contributed by atoms with Crippen LogP contribution in [0.15, 0.2) is 4.99 Å². The summed E-state index contributed by atoms with van der Waals surface area (Å²) in [6.07, 6.45) is 6.39. The molecule has 5 heteroatoms. The lowest BCUT2D eigenvalue weighted by molar-refractivity contribution is 0.129. The highest BCUT2D eigenvalue weighted by Crippen LogP contribution is 2.28. The Labute approximate surface area is 135 Å². The predicted molar refractivity (Wildman–Crippen MR) is 92.5 cm³/mol. The number of unbranched alkanes of at least 4 members (excludes halogenated alkanes) is 2. The van der Waals surface area contributed by atoms with Gasteiger partial charge in [0.25, 0.3) is 0 Å². The maximum absolute atomic E-state index is 5.58. The van der Waals surface area contributed by atoms with Crippen LogP contribution in [0.25, 0.3) is 0 Å². The minimum absolute atomic E-state index is 0. The lowest BCUT2D eigenvalue weighted by Crippen LogP contribution is -2.39. The normalized spacial score (nSPS) is 14.9. The zero-order chi connectivity index (χ0) is 13.1. The minimum atomic E-state index is 0. The van der Waals surface area contributed by atoms with Crippen molar-refractivity contribution in [2.75, 3.05) is 32.8 Å². The summed E-state index contributed by atoms with van der Waals surface area (Å²) < 4.78 is 5.58. The van der Waals surface area contributed by atoms with Gasteiger partial charge in [0.1, 0.15) is 0 Å². The van der Waals surface area contributed by atoms with Gasteiger partial charge in [-0.3, -0.25) is 4.99 Å². The van der Waals surface area contributed by atoms with E-state index < -0.39 is 0 Å². The molecule has 0 radical (unpaired) electrons. The maximum Gasteiger partial charge on any atom is 0.191 e. The first kappa shape index (κ1) is 19.0. The highest BCUT2D eigenvalue weighted by atomic mass is 127. The molecular weight excluding hydrogens is 353 g/mol. The quantitative estimate of drug-likeness (QED) is 0.264. The number of halogens is 1. The van der Waals surface area contributed by atoms with E-state index in [1.807, 2.05) is 0 Å². The number of ether oxygens (including phenoxy) is 1. The van der Waals surface area contributed by atoms with Crippen LogP contribution in [0.5, 0.6) is 0 Å². The van der Waals surface area contributed by atoms with Crippen molar-refractivity contribution in [3.63, 3.8) is 0 Å². The summed E-state index contributed by atoms with van der Waals surface area (Å²) in [6, 6.07) is 0. The van der Waals surface area contributed by atoms with E-state index in [9.17, 15) is 0 Å². The Morgan fingerprint density at radius 1 is 1.21 bits per heavy atom. The monoisotopic (exact) mass is 383 g/mol. The van der Waals surface area contributed by atoms with Gasteiger partial charge in [-0.2, -0.15) is 0 Å². The molecule has 0 spiro atoms. The van der Waals surface area contributed by atoms with E-state index in [1.54, 1.807) is 0 Å². The molecule has 1 saturated carbocycles. The molecule has 0 amide bonds. The van der Waals surface area contributed by atoms with Crippen LogP contribution in [0.2, 0.25) is 0 Å². The number of nitrogens with zero attached hydrogens (tertiary/aromatic N) is 1. The van der Waals surface area contributed by atoms with Gasteiger partial charge in [-0.05, 0) is 32.1 Å². The van der Waals surface area contributed by atoms with Crippen molar-refractivity contribution in [1.29, 1.82) is 0 Å². The molecule has 0 unspecified atom stereocenters. The van der Waals surface area contributed by atoms with E-state index in [4.69, 9.17) is 4.74 Å². The van der Waals surface area contributed by atoms with Gasteiger partial charge in [-0.15, -0.1) is 24.0 Å². The number of nitrogens with one attached hydrogen (secondary N) is 2. The van der Waals surface area contributed by atoms with Crippen molar-refractivity contribution in [2.45, 2.75) is 46.0 Å². The lowest BCUT2D eigenvalue weighted by atomic mass is 10.2. The predicted octanol–water partition coefficient (Wildman–Crippen LogP) is 2.78. The maximum atomic E-state index is 5.58. The highest BCUT2D eigenvalue weighted by Gasteiger charge is 2.20. The average molecular weight is 383 g/mol. The minimum Gasteiger partial charge on any atom is -0.379 e. The second-order valence-electron chi connectivity index (χ2n) is 4.91. The van der Waals surface area contributed by atoms with Crippen molar-refractivity contribution in [2.24, 2.45) is 10.9 Å². The van der Waals surface area contributed by atoms with Gasteiger partial charge in [0, 0.05) is 26.2 Å². The molecule has 1 fully saturated rings. The van der Waals surface area contributed by atoms with Crippen LogP contribution in [0.3, 0.4) is 0 Å². The molecule has 0 aliphatic heterocycles. The molecule has 4 nitrogen and oxygen atoms in total. The molecule has 1 aliphatic carbocycles. The van der Waals surface area contributed by atoms with E-state index in [0.717, 1.165) is 44.7 Å². The number of guanidine groups is 1. The third kappa shape index (κ3) is 11.5. The third-order valence-corrected chi connectivity index (χ3v) is 2.97. The van der Waals surface area contributed by atoms with E-state index in [1.165, 1.54) is 32.1 Å². The van der Waals surface area contributed by atoms with Gasteiger partial charge < -0.3 is 15.4 Å². The van der Waals surface area contributed by atoms with Crippen LogP contribution in [0, 0.1) is 5.92 Å². The fourth-order valence-electron chi connectivity index (χ4n) is 1.67. The fourth-order valence-corrected chi connectivity index (χ4v) is 1.67. The second-order valence-corrected chi connectivity index (χ2v) is 4.91. The van der Waals surface area contributed by atoms with Crippen LogP contribution < -0.4 is 10.6 Å². The average Bonchev–Trinajstić information content (AvgIpc) is 3.18. The van der Waals surface area contributed by atoms with Crippen LogP contribution in [-0.4, -0.2) is 38.8 Å². The number of hydrogen-bond donors (Lipinski definition) is 2. The SMILES string of the molecule is CCCCCN=C(NCC)NCCOCC1CC1.I. The molecule has 0 aromatic carbocycles. The van der Waals surface area contributed by atoms with Gasteiger partial charge >= 0.3 is 0 Å². The van der Waals surface area contributed by atoms with Crippen molar-refractivity contribution in [1.82, 2.24) is 10.6 Å². The molecule has 19 heavy (non-hydrogen) atoms. The van der Waals surface area contributed by atoms with Gasteiger partial charge in [-0.1, -0.05) is 19.8 Å². The Morgan fingerprint density at radius 2 is 2.00 bits per heavy atom. The van der Waals surface area contributed by atoms with E-state index in [2.05, 4.69) is 29.5 Å².